The summed E-state index contributed by atoms with van der Waals surface area (Å²) in [6, 6.07) is 2.78. The van der Waals surface area contributed by atoms with Gasteiger partial charge in [-0.1, -0.05) is 27.7 Å². The average molecular weight is 253 g/mol. The van der Waals surface area contributed by atoms with Gasteiger partial charge in [0.05, 0.1) is 0 Å². The SMILES string of the molecule is Cc1cc(C(C)NCC(C)C(C)(C)C)c(C)s1. The van der Waals surface area contributed by atoms with Gasteiger partial charge in [0, 0.05) is 15.8 Å². The fraction of sp³-hybridized carbons (Fsp3) is 0.733. The van der Waals surface area contributed by atoms with E-state index < -0.39 is 0 Å². The molecule has 17 heavy (non-hydrogen) atoms. The molecule has 0 saturated carbocycles. The maximum Gasteiger partial charge on any atom is 0.0302 e. The Morgan fingerprint density at radius 2 is 1.82 bits per heavy atom. The molecule has 2 heteroatoms. The lowest BCUT2D eigenvalue weighted by Crippen LogP contribution is -2.31. The summed E-state index contributed by atoms with van der Waals surface area (Å²) in [7, 11) is 0. The molecule has 0 aliphatic rings. The molecule has 1 aromatic rings. The molecule has 1 N–H and O–H groups in total. The Hall–Kier alpha value is -0.340. The smallest absolute Gasteiger partial charge is 0.0302 e. The van der Waals surface area contributed by atoms with Gasteiger partial charge in [-0.15, -0.1) is 11.3 Å². The quantitative estimate of drug-likeness (QED) is 0.820. The molecule has 0 saturated heterocycles. The van der Waals surface area contributed by atoms with Gasteiger partial charge in [-0.05, 0) is 50.3 Å². The van der Waals surface area contributed by atoms with Crippen LogP contribution >= 0.6 is 11.3 Å². The van der Waals surface area contributed by atoms with Crippen molar-refractivity contribution in [3.8, 4) is 0 Å². The summed E-state index contributed by atoms with van der Waals surface area (Å²) in [6.07, 6.45) is 0. The molecule has 0 aliphatic heterocycles. The van der Waals surface area contributed by atoms with Gasteiger partial charge in [0.15, 0.2) is 0 Å². The molecule has 0 bridgehead atoms. The molecule has 0 amide bonds. The number of nitrogens with one attached hydrogen (secondary N) is 1. The molecule has 0 radical (unpaired) electrons. The van der Waals surface area contributed by atoms with Gasteiger partial charge >= 0.3 is 0 Å². The van der Waals surface area contributed by atoms with Crippen molar-refractivity contribution in [1.82, 2.24) is 5.32 Å². The molecular weight excluding hydrogens is 226 g/mol. The highest BCUT2D eigenvalue weighted by molar-refractivity contribution is 7.12. The van der Waals surface area contributed by atoms with Gasteiger partial charge < -0.3 is 5.32 Å². The van der Waals surface area contributed by atoms with E-state index in [1.54, 1.807) is 0 Å². The Labute approximate surface area is 111 Å². The van der Waals surface area contributed by atoms with Crippen LogP contribution in [0.5, 0.6) is 0 Å². The first kappa shape index (κ1) is 14.7. The Bertz CT molecular complexity index is 359. The lowest BCUT2D eigenvalue weighted by atomic mass is 9.82. The van der Waals surface area contributed by atoms with Crippen LogP contribution in [0.4, 0.5) is 0 Å². The largest absolute Gasteiger partial charge is 0.310 e. The average Bonchev–Trinajstić information content (AvgIpc) is 2.52. The molecule has 0 spiro atoms. The summed E-state index contributed by atoms with van der Waals surface area (Å²) in [5.41, 5.74) is 1.85. The van der Waals surface area contributed by atoms with Crippen LogP contribution in [0.3, 0.4) is 0 Å². The van der Waals surface area contributed by atoms with Gasteiger partial charge in [-0.2, -0.15) is 0 Å². The van der Waals surface area contributed by atoms with E-state index in [1.807, 2.05) is 11.3 Å². The van der Waals surface area contributed by atoms with Crippen LogP contribution in [0.25, 0.3) is 0 Å². The van der Waals surface area contributed by atoms with E-state index in [1.165, 1.54) is 15.3 Å². The lowest BCUT2D eigenvalue weighted by molar-refractivity contribution is 0.247. The maximum atomic E-state index is 3.67. The van der Waals surface area contributed by atoms with E-state index in [0.29, 0.717) is 17.4 Å². The Morgan fingerprint density at radius 1 is 1.24 bits per heavy atom. The van der Waals surface area contributed by atoms with E-state index in [9.17, 15) is 0 Å². The third-order valence-electron chi connectivity index (χ3n) is 3.75. The number of aryl methyl sites for hydroxylation is 2. The molecule has 1 aromatic heterocycles. The third kappa shape index (κ3) is 4.11. The highest BCUT2D eigenvalue weighted by atomic mass is 32.1. The molecule has 2 atom stereocenters. The highest BCUT2D eigenvalue weighted by Crippen LogP contribution is 2.28. The van der Waals surface area contributed by atoms with Gasteiger partial charge in [-0.25, -0.2) is 0 Å². The first-order chi connectivity index (χ1) is 7.71. The van der Waals surface area contributed by atoms with Gasteiger partial charge in [0.25, 0.3) is 0 Å². The van der Waals surface area contributed by atoms with E-state index >= 15 is 0 Å². The monoisotopic (exact) mass is 253 g/mol. The Balaban J connectivity index is 2.56. The highest BCUT2D eigenvalue weighted by Gasteiger charge is 2.20. The minimum atomic E-state index is 0.381. The summed E-state index contributed by atoms with van der Waals surface area (Å²) >= 11 is 1.90. The van der Waals surface area contributed by atoms with E-state index in [2.05, 4.69) is 59.8 Å². The number of hydrogen-bond donors (Lipinski definition) is 1. The fourth-order valence-electron chi connectivity index (χ4n) is 1.85. The van der Waals surface area contributed by atoms with Crippen LogP contribution in [0.2, 0.25) is 0 Å². The van der Waals surface area contributed by atoms with E-state index in [0.717, 1.165) is 6.54 Å². The van der Waals surface area contributed by atoms with Crippen LogP contribution in [-0.4, -0.2) is 6.54 Å². The van der Waals surface area contributed by atoms with Crippen LogP contribution < -0.4 is 5.32 Å². The number of hydrogen-bond acceptors (Lipinski definition) is 2. The molecule has 98 valence electrons. The summed E-state index contributed by atoms with van der Waals surface area (Å²) in [5.74, 6) is 0.685. The predicted molar refractivity (Wildman–Crippen MR) is 78.8 cm³/mol. The van der Waals surface area contributed by atoms with Gasteiger partial charge in [-0.3, -0.25) is 0 Å². The zero-order chi connectivity index (χ0) is 13.2. The standard InChI is InChI=1S/C15H27NS/c1-10(15(5,6)7)9-16-12(3)14-8-11(2)17-13(14)4/h8,10,12,16H,9H2,1-7H3. The number of thiophene rings is 1. The second-order valence-electron chi connectivity index (χ2n) is 6.27. The summed E-state index contributed by atoms with van der Waals surface area (Å²) < 4.78 is 0. The summed E-state index contributed by atoms with van der Waals surface area (Å²) in [4.78, 5) is 2.86. The third-order valence-corrected chi connectivity index (χ3v) is 4.74. The molecule has 0 fully saturated rings. The molecular formula is C15H27NS. The Kier molecular flexibility index (Phi) is 4.79. The second kappa shape index (κ2) is 5.53. The summed E-state index contributed by atoms with van der Waals surface area (Å²) in [5, 5.41) is 3.67. The molecule has 0 aliphatic carbocycles. The first-order valence-corrected chi connectivity index (χ1v) is 7.33. The zero-order valence-electron chi connectivity index (χ0n) is 12.3. The maximum absolute atomic E-state index is 3.67. The van der Waals surface area contributed by atoms with Crippen LogP contribution in [-0.2, 0) is 0 Å². The normalized spacial score (nSPS) is 15.9. The van der Waals surface area contributed by atoms with Gasteiger partial charge in [0.1, 0.15) is 0 Å². The van der Waals surface area contributed by atoms with Crippen molar-refractivity contribution in [3.05, 3.63) is 21.4 Å². The molecule has 1 nitrogen and oxygen atoms in total. The molecule has 1 rings (SSSR count). The molecule has 0 aromatic carbocycles. The van der Waals surface area contributed by atoms with E-state index in [-0.39, 0.29) is 0 Å². The van der Waals surface area contributed by atoms with Crippen molar-refractivity contribution < 1.29 is 0 Å². The number of rotatable bonds is 4. The van der Waals surface area contributed by atoms with E-state index in [4.69, 9.17) is 0 Å². The van der Waals surface area contributed by atoms with Crippen molar-refractivity contribution in [2.75, 3.05) is 6.54 Å². The minimum Gasteiger partial charge on any atom is -0.310 e. The first-order valence-electron chi connectivity index (χ1n) is 6.52. The van der Waals surface area contributed by atoms with Crippen molar-refractivity contribution in [2.24, 2.45) is 11.3 Å². The van der Waals surface area contributed by atoms with Crippen LogP contribution in [0.1, 0.15) is 56.0 Å². The van der Waals surface area contributed by atoms with Gasteiger partial charge in [0.2, 0.25) is 0 Å². The minimum absolute atomic E-state index is 0.381. The molecule has 2 unspecified atom stereocenters. The van der Waals surface area contributed by atoms with Crippen molar-refractivity contribution >= 4 is 11.3 Å². The van der Waals surface area contributed by atoms with Crippen molar-refractivity contribution in [3.63, 3.8) is 0 Å². The van der Waals surface area contributed by atoms with Crippen molar-refractivity contribution in [2.45, 2.75) is 54.5 Å². The predicted octanol–water partition coefficient (Wildman–Crippen LogP) is 4.70. The molecule has 1 heterocycles. The van der Waals surface area contributed by atoms with Crippen molar-refractivity contribution in [1.29, 1.82) is 0 Å². The fourth-order valence-corrected chi connectivity index (χ4v) is 2.87. The topological polar surface area (TPSA) is 12.0 Å². The summed E-state index contributed by atoms with van der Waals surface area (Å²) in [6.45, 7) is 17.0. The lowest BCUT2D eigenvalue weighted by Gasteiger charge is -2.29. The Morgan fingerprint density at radius 3 is 2.24 bits per heavy atom. The second-order valence-corrected chi connectivity index (χ2v) is 7.73. The van der Waals surface area contributed by atoms with Crippen LogP contribution in [0.15, 0.2) is 6.07 Å². The zero-order valence-corrected chi connectivity index (χ0v) is 13.2. The van der Waals surface area contributed by atoms with Crippen LogP contribution in [0, 0.1) is 25.2 Å².